The molecule has 135 heavy (non-hydrogen) atoms. The van der Waals surface area contributed by atoms with Gasteiger partial charge in [0.15, 0.2) is 40.9 Å². The van der Waals surface area contributed by atoms with Gasteiger partial charge < -0.3 is 28.7 Å². The largest absolute Gasteiger partial charge is 0.369 e. The second kappa shape index (κ2) is 39.3. The lowest BCUT2D eigenvalue weighted by Gasteiger charge is -2.40. The molecule has 1 aliphatic carbocycles. The van der Waals surface area contributed by atoms with E-state index >= 15 is 0 Å². The maximum absolute atomic E-state index is 14.8. The van der Waals surface area contributed by atoms with Crippen LogP contribution in [-0.2, 0) is 58.7 Å². The molecule has 1 saturated carbocycles. The zero-order valence-electron chi connectivity index (χ0n) is 77.7. The van der Waals surface area contributed by atoms with Crippen LogP contribution in [0.25, 0.3) is 55.8 Å². The second-order valence-corrected chi connectivity index (χ2v) is 36.8. The summed E-state index contributed by atoms with van der Waals surface area (Å²) in [6.07, 6.45) is 19.5. The number of amides is 5. The Morgan fingerprint density at radius 2 is 0.859 bits per heavy atom. The molecule has 5 aliphatic heterocycles. The Labute approximate surface area is 795 Å². The summed E-state index contributed by atoms with van der Waals surface area (Å²) in [5.41, 5.74) is 40.5. The Bertz CT molecular complexity index is 6990. The SMILES string of the molecule is C#Cc1cccc(-c2cc([C@@]3(C)N=C(N)N(C)C(=O)C3C)n(C)n2)c1.CC#Cc1cncc(-c2cccc([C@@]3(C4CC4)N=C(N)N(C)C3=O)c2)c1.CC#Cc1cncc(-c2csc([C@@]3(C)N=C(N)N(C)C(=O)C3(F)F)c2)c1.CC#Cc1cncc(-c2csc([C@@]3(C)N=C(N)N(C)C(=O)[C@@H]3F)c2)c1.CC#Cc1cncc(-c2csc([C@@]3(C)N=C(N)N(C)C(=O)[C@@H]3c3ccc(C(C)C)cc3)c2)c1. The molecule has 1 unspecified atom stereocenters. The number of likely N-dealkylation sites (N-methyl/N-ethyl adjacent to an activating group) is 2. The van der Waals surface area contributed by atoms with E-state index in [-0.39, 0.29) is 64.2 Å². The summed E-state index contributed by atoms with van der Waals surface area (Å²) in [7, 11) is 9.45. The number of terminal acetylenes is 1. The van der Waals surface area contributed by atoms with Gasteiger partial charge in [-0.25, -0.2) is 29.4 Å². The average Bonchev–Trinajstić information content (AvgIpc) is 1.70. The molecule has 32 heteroatoms. The summed E-state index contributed by atoms with van der Waals surface area (Å²) < 4.78 is 46.0. The number of guanidine groups is 5. The predicted molar refractivity (Wildman–Crippen MR) is 527 cm³/mol. The Hall–Kier alpha value is -15.1. The van der Waals surface area contributed by atoms with Crippen molar-refractivity contribution < 1.29 is 37.1 Å². The molecule has 0 radical (unpaired) electrons. The summed E-state index contributed by atoms with van der Waals surface area (Å²) in [6.45, 7) is 20.0. The van der Waals surface area contributed by atoms with Crippen LogP contribution in [0.2, 0.25) is 0 Å². The van der Waals surface area contributed by atoms with Gasteiger partial charge in [0.05, 0.1) is 23.2 Å². The van der Waals surface area contributed by atoms with Crippen LogP contribution in [0.4, 0.5) is 13.2 Å². The number of nitrogens with zero attached hydrogens (tertiary/aromatic N) is 16. The van der Waals surface area contributed by atoms with E-state index in [1.807, 2.05) is 150 Å². The molecule has 8 atom stereocenters. The lowest BCUT2D eigenvalue weighted by molar-refractivity contribution is -0.165. The van der Waals surface area contributed by atoms with E-state index in [9.17, 15) is 37.1 Å². The van der Waals surface area contributed by atoms with Crippen LogP contribution in [-0.4, -0.2) is 161 Å². The zero-order chi connectivity index (χ0) is 97.7. The van der Waals surface area contributed by atoms with Gasteiger partial charge in [-0.15, -0.1) is 64.1 Å². The second-order valence-electron chi connectivity index (χ2n) is 34.0. The van der Waals surface area contributed by atoms with E-state index < -0.39 is 57.5 Å². The number of aliphatic imine (C=N–C) groups is 5. The minimum absolute atomic E-state index is 0.0123. The van der Waals surface area contributed by atoms with E-state index in [2.05, 4.69) is 136 Å². The van der Waals surface area contributed by atoms with Crippen molar-refractivity contribution in [3.05, 3.63) is 252 Å². The van der Waals surface area contributed by atoms with Gasteiger partial charge in [0.25, 0.3) is 11.8 Å². The molecule has 0 saturated heterocycles. The fourth-order valence-corrected chi connectivity index (χ4v) is 19.5. The van der Waals surface area contributed by atoms with Crippen LogP contribution in [0.15, 0.2) is 212 Å². The van der Waals surface area contributed by atoms with Crippen molar-refractivity contribution in [2.75, 3.05) is 35.2 Å². The molecule has 5 amide bonds. The van der Waals surface area contributed by atoms with Gasteiger partial charge in [-0.1, -0.05) is 105 Å². The van der Waals surface area contributed by atoms with Crippen molar-refractivity contribution in [1.29, 1.82) is 0 Å². The minimum atomic E-state index is -3.71. The molecule has 0 bridgehead atoms. The summed E-state index contributed by atoms with van der Waals surface area (Å²) in [5.74, 6) is 20.4. The molecule has 10 N–H and O–H groups in total. The van der Waals surface area contributed by atoms with E-state index in [0.29, 0.717) is 21.3 Å². The molecule has 11 aromatic rings. The third-order valence-electron chi connectivity index (χ3n) is 24.7. The standard InChI is InChI=1S/C27H28N4OS.C21H20N4O.C19H21N5O.C18H16F2N4OS.C18H17FN4OS/c1-6-7-18-12-21(15-29-14-18)22-13-23(33-16-22)27(4)24(25(32)31(5)26(28)30-27)20-10-8-19(9-11-20)17(2)3;1-3-5-14-10-16(13-23-12-14)15-6-4-7-18(11-15)21(17-8-9-17)19(26)25(2)20(22)24-21;1-6-13-8-7-9-14(10-13)15-11-16(24(5)22-15)19(3)12(2)17(25)23(4)18(20)21-19;1-4-5-11-6-12(9-22-8-11)13-7-14(26-10-13)17(2)18(19,20)15(25)24(3)16(21)23-17;1-4-5-11-6-12(9-21-8-11)13-7-14(25-10-13)18(2)15(19)16(24)23(3)17(20)22-18/h8-17,24H,1-5H3,(H2,28,30);4,6-7,10-13,17H,8-9H2,1-2H3,(H2,22,24);1,7-12H,2-5H3,(H2,20,21);6-10H,1-3H3,(H2,21,23);6-10,15H,1-3H3,(H2,20,22)/t24-,27+;21-;12?,19-;17-;15-,18+/m01010/s1. The number of aryl methyl sites for hydroxylation is 1. The highest BCUT2D eigenvalue weighted by Crippen LogP contribution is 2.54. The highest BCUT2D eigenvalue weighted by Gasteiger charge is 2.63. The van der Waals surface area contributed by atoms with Crippen LogP contribution < -0.4 is 28.7 Å². The molecule has 17 rings (SSSR count). The smallest absolute Gasteiger partial charge is 0.354 e. The van der Waals surface area contributed by atoms with Gasteiger partial charge in [-0.3, -0.25) is 73.1 Å². The quantitative estimate of drug-likeness (QED) is 0.0670. The first-order chi connectivity index (χ1) is 64.1. The number of alkyl halides is 3. The minimum Gasteiger partial charge on any atom is -0.369 e. The van der Waals surface area contributed by atoms with Gasteiger partial charge in [-0.05, 0) is 202 Å². The molecule has 6 aliphatic rings. The Morgan fingerprint density at radius 1 is 0.444 bits per heavy atom. The fourth-order valence-electron chi connectivity index (χ4n) is 16.3. The van der Waals surface area contributed by atoms with Crippen molar-refractivity contribution in [1.82, 2.24) is 54.2 Å². The van der Waals surface area contributed by atoms with Crippen LogP contribution in [0.1, 0.15) is 166 Å². The first kappa shape index (κ1) is 97.4. The number of hydrogen-bond donors (Lipinski definition) is 5. The van der Waals surface area contributed by atoms with Gasteiger partial charge in [-0.2, -0.15) is 13.9 Å². The Balaban J connectivity index is 0.000000144. The lowest BCUT2D eigenvalue weighted by Crippen LogP contribution is -2.60. The molecular formula is C103H102F3N21O5S3. The van der Waals surface area contributed by atoms with Gasteiger partial charge in [0.1, 0.15) is 16.6 Å². The van der Waals surface area contributed by atoms with Crippen molar-refractivity contribution in [2.24, 2.45) is 72.5 Å². The maximum atomic E-state index is 14.8. The van der Waals surface area contributed by atoms with E-state index in [4.69, 9.17) is 40.1 Å². The topological polar surface area (TPSA) is 363 Å². The zero-order valence-corrected chi connectivity index (χ0v) is 80.2. The highest BCUT2D eigenvalue weighted by atomic mass is 32.1. The number of rotatable bonds is 13. The highest BCUT2D eigenvalue weighted by molar-refractivity contribution is 7.11. The van der Waals surface area contributed by atoms with Gasteiger partial charge in [0, 0.05) is 162 Å². The normalized spacial score (nSPS) is 22.0. The molecule has 26 nitrogen and oxygen atoms in total. The summed E-state index contributed by atoms with van der Waals surface area (Å²) in [6, 6.07) is 39.1. The number of carbonyl (C=O) groups excluding carboxylic acids is 5. The van der Waals surface area contributed by atoms with Crippen molar-refractivity contribution in [3.8, 4) is 115 Å². The first-order valence-electron chi connectivity index (χ1n) is 42.9. The summed E-state index contributed by atoms with van der Waals surface area (Å²) >= 11 is 4.02. The van der Waals surface area contributed by atoms with Crippen molar-refractivity contribution >= 4 is 93.3 Å². The number of thiophene rings is 3. The van der Waals surface area contributed by atoms with Gasteiger partial charge in [0.2, 0.25) is 18.0 Å². The van der Waals surface area contributed by atoms with Crippen LogP contribution >= 0.6 is 34.0 Å². The van der Waals surface area contributed by atoms with Crippen molar-refractivity contribution in [2.45, 2.75) is 141 Å². The number of carbonyl (C=O) groups is 5. The summed E-state index contributed by atoms with van der Waals surface area (Å²) in [5, 5.41) is 10.3. The maximum Gasteiger partial charge on any atom is 0.354 e. The van der Waals surface area contributed by atoms with Crippen LogP contribution in [0.3, 0.4) is 0 Å². The van der Waals surface area contributed by atoms with E-state index in [0.717, 1.165) is 129 Å². The Morgan fingerprint density at radius 3 is 1.33 bits per heavy atom. The Kier molecular flexibility index (Phi) is 28.4. The van der Waals surface area contributed by atoms with Crippen molar-refractivity contribution in [3.63, 3.8) is 0 Å². The van der Waals surface area contributed by atoms with Gasteiger partial charge >= 0.3 is 11.8 Å². The average molecular weight is 1870 g/mol. The van der Waals surface area contributed by atoms with E-state index in [1.165, 1.54) is 52.6 Å². The molecule has 0 spiro atoms. The van der Waals surface area contributed by atoms with Crippen LogP contribution in [0, 0.1) is 71.5 Å². The number of pyridine rings is 4. The molecular weight excluding hydrogens is 1760 g/mol. The number of halogens is 3. The first-order valence-corrected chi connectivity index (χ1v) is 45.6. The molecule has 13 heterocycles. The number of nitrogens with two attached hydrogens (primary N) is 5. The number of hydrogen-bond acceptors (Lipinski definition) is 23. The lowest BCUT2D eigenvalue weighted by atomic mass is 9.77. The third kappa shape index (κ3) is 19.2. The molecule has 1 fully saturated rings. The molecule has 3 aromatic carbocycles. The third-order valence-corrected chi connectivity index (χ3v) is 28.2. The number of aromatic nitrogens is 6. The van der Waals surface area contributed by atoms with E-state index in [1.54, 1.807) is 113 Å². The number of benzene rings is 3. The molecule has 8 aromatic heterocycles. The predicted octanol–water partition coefficient (Wildman–Crippen LogP) is 14.6. The van der Waals surface area contributed by atoms with Crippen LogP contribution in [0.5, 0.6) is 0 Å². The fraction of sp³-hybridized carbons (Fsp3) is 0.291. The summed E-state index contributed by atoms with van der Waals surface area (Å²) in [4.78, 5) is 110. The monoisotopic (exact) mass is 1870 g/mol. The molecule has 688 valence electrons.